The highest BCUT2D eigenvalue weighted by Gasteiger charge is 2.26. The van der Waals surface area contributed by atoms with Crippen LogP contribution in [0, 0.1) is 28.6 Å². The van der Waals surface area contributed by atoms with Crippen molar-refractivity contribution in [2.24, 2.45) is 28.6 Å². The fraction of sp³-hybridized carbons (Fsp3) is 1.00. The fourth-order valence-corrected chi connectivity index (χ4v) is 2.31. The van der Waals surface area contributed by atoms with E-state index in [1.54, 1.807) is 0 Å². The Labute approximate surface area is 104 Å². The molecule has 0 aliphatic rings. The Morgan fingerprint density at radius 3 is 1.50 bits per heavy atom. The second-order valence-electron chi connectivity index (χ2n) is 8.22. The zero-order chi connectivity index (χ0) is 13.1. The molecular weight excluding hydrogens is 192 g/mol. The molecule has 0 aromatic heterocycles. The van der Waals surface area contributed by atoms with Gasteiger partial charge in [0, 0.05) is 0 Å². The van der Waals surface area contributed by atoms with E-state index in [9.17, 15) is 0 Å². The molecule has 0 aromatic carbocycles. The molecule has 0 spiro atoms. The maximum Gasteiger partial charge on any atom is -0.0357 e. The van der Waals surface area contributed by atoms with Crippen LogP contribution in [0.3, 0.4) is 0 Å². The summed E-state index contributed by atoms with van der Waals surface area (Å²) >= 11 is 0. The standard InChI is InChI=1S/C16H34/c1-12(10-14(3)16(7,8)9)13(2)11-15(4,5)6/h12-14H,10-11H2,1-9H3. The minimum Gasteiger partial charge on any atom is -0.0622 e. The Balaban J connectivity index is 4.21. The van der Waals surface area contributed by atoms with Crippen molar-refractivity contribution >= 4 is 0 Å². The minimum absolute atomic E-state index is 0.454. The van der Waals surface area contributed by atoms with Crippen molar-refractivity contribution in [2.75, 3.05) is 0 Å². The Bertz CT molecular complexity index is 189. The van der Waals surface area contributed by atoms with Crippen LogP contribution < -0.4 is 0 Å². The Morgan fingerprint density at radius 1 is 0.750 bits per heavy atom. The van der Waals surface area contributed by atoms with Gasteiger partial charge in [-0.2, -0.15) is 0 Å². The highest BCUT2D eigenvalue weighted by atomic mass is 14.3. The third kappa shape index (κ3) is 6.55. The molecule has 0 heteroatoms. The van der Waals surface area contributed by atoms with E-state index in [2.05, 4.69) is 62.3 Å². The Morgan fingerprint density at radius 2 is 1.19 bits per heavy atom. The van der Waals surface area contributed by atoms with Gasteiger partial charge in [-0.15, -0.1) is 0 Å². The molecule has 0 nitrogen and oxygen atoms in total. The van der Waals surface area contributed by atoms with E-state index in [1.165, 1.54) is 12.8 Å². The van der Waals surface area contributed by atoms with Crippen molar-refractivity contribution in [2.45, 2.75) is 75.2 Å². The first kappa shape index (κ1) is 16.0. The minimum atomic E-state index is 0.454. The molecule has 3 unspecified atom stereocenters. The third-order valence-electron chi connectivity index (χ3n) is 4.11. The highest BCUT2D eigenvalue weighted by Crippen LogP contribution is 2.36. The Kier molecular flexibility index (Phi) is 5.56. The van der Waals surface area contributed by atoms with Crippen LogP contribution in [0.2, 0.25) is 0 Å². The number of hydrogen-bond acceptors (Lipinski definition) is 0. The quantitative estimate of drug-likeness (QED) is 0.571. The molecule has 0 saturated heterocycles. The van der Waals surface area contributed by atoms with Crippen molar-refractivity contribution in [3.05, 3.63) is 0 Å². The summed E-state index contributed by atoms with van der Waals surface area (Å²) in [6.45, 7) is 21.4. The van der Waals surface area contributed by atoms with Crippen LogP contribution in [0.25, 0.3) is 0 Å². The van der Waals surface area contributed by atoms with Crippen molar-refractivity contribution in [1.82, 2.24) is 0 Å². The van der Waals surface area contributed by atoms with Gasteiger partial charge in [0.25, 0.3) is 0 Å². The predicted octanol–water partition coefficient (Wildman–Crippen LogP) is 5.77. The van der Waals surface area contributed by atoms with E-state index in [-0.39, 0.29) is 0 Å². The van der Waals surface area contributed by atoms with Crippen LogP contribution in [0.5, 0.6) is 0 Å². The molecule has 3 atom stereocenters. The van der Waals surface area contributed by atoms with Crippen LogP contribution >= 0.6 is 0 Å². The second kappa shape index (κ2) is 5.56. The van der Waals surface area contributed by atoms with Crippen molar-refractivity contribution in [1.29, 1.82) is 0 Å². The van der Waals surface area contributed by atoms with Gasteiger partial charge in [0.05, 0.1) is 0 Å². The summed E-state index contributed by atoms with van der Waals surface area (Å²) in [5.74, 6) is 2.49. The zero-order valence-corrected chi connectivity index (χ0v) is 13.1. The molecule has 16 heavy (non-hydrogen) atoms. The third-order valence-corrected chi connectivity index (χ3v) is 4.11. The molecule has 0 radical (unpaired) electrons. The molecular formula is C16H34. The van der Waals surface area contributed by atoms with Gasteiger partial charge < -0.3 is 0 Å². The van der Waals surface area contributed by atoms with Crippen LogP contribution in [-0.4, -0.2) is 0 Å². The molecule has 0 amide bonds. The van der Waals surface area contributed by atoms with Gasteiger partial charge in [-0.1, -0.05) is 62.3 Å². The molecule has 0 saturated carbocycles. The van der Waals surface area contributed by atoms with Gasteiger partial charge in [0.2, 0.25) is 0 Å². The summed E-state index contributed by atoms with van der Waals surface area (Å²) in [7, 11) is 0. The van der Waals surface area contributed by atoms with Crippen LogP contribution in [-0.2, 0) is 0 Å². The lowest BCUT2D eigenvalue weighted by Gasteiger charge is -2.33. The molecule has 0 fully saturated rings. The maximum absolute atomic E-state index is 2.43. The summed E-state index contributed by atoms with van der Waals surface area (Å²) in [6, 6.07) is 0. The molecule has 0 aromatic rings. The van der Waals surface area contributed by atoms with Gasteiger partial charge in [-0.3, -0.25) is 0 Å². The molecule has 0 N–H and O–H groups in total. The molecule has 0 rings (SSSR count). The lowest BCUT2D eigenvalue weighted by Crippen LogP contribution is -2.24. The van der Waals surface area contributed by atoms with Gasteiger partial charge in [-0.05, 0) is 41.4 Å². The van der Waals surface area contributed by atoms with E-state index in [1.807, 2.05) is 0 Å². The molecule has 0 aliphatic carbocycles. The van der Waals surface area contributed by atoms with Crippen LogP contribution in [0.15, 0.2) is 0 Å². The topological polar surface area (TPSA) is 0 Å². The molecule has 0 aliphatic heterocycles. The van der Waals surface area contributed by atoms with Gasteiger partial charge in [0.15, 0.2) is 0 Å². The first-order valence-corrected chi connectivity index (χ1v) is 6.93. The zero-order valence-electron chi connectivity index (χ0n) is 13.1. The number of hydrogen-bond donors (Lipinski definition) is 0. The highest BCUT2D eigenvalue weighted by molar-refractivity contribution is 4.76. The van der Waals surface area contributed by atoms with Gasteiger partial charge >= 0.3 is 0 Å². The lowest BCUT2D eigenvalue weighted by atomic mass is 9.72. The van der Waals surface area contributed by atoms with Gasteiger partial charge in [-0.25, -0.2) is 0 Å². The summed E-state index contributed by atoms with van der Waals surface area (Å²) < 4.78 is 0. The average Bonchev–Trinajstić information content (AvgIpc) is 1.98. The van der Waals surface area contributed by atoms with Crippen LogP contribution in [0.1, 0.15) is 75.2 Å². The van der Waals surface area contributed by atoms with Crippen molar-refractivity contribution < 1.29 is 0 Å². The molecule has 0 heterocycles. The van der Waals surface area contributed by atoms with E-state index in [0.717, 1.165) is 17.8 Å². The number of rotatable bonds is 4. The van der Waals surface area contributed by atoms with Gasteiger partial charge in [0.1, 0.15) is 0 Å². The van der Waals surface area contributed by atoms with E-state index in [4.69, 9.17) is 0 Å². The largest absolute Gasteiger partial charge is 0.0622 e. The first-order valence-electron chi connectivity index (χ1n) is 6.93. The summed E-state index contributed by atoms with van der Waals surface area (Å²) in [5.41, 5.74) is 0.925. The summed E-state index contributed by atoms with van der Waals surface area (Å²) in [6.07, 6.45) is 2.70. The monoisotopic (exact) mass is 226 g/mol. The molecule has 98 valence electrons. The molecule has 0 bridgehead atoms. The lowest BCUT2D eigenvalue weighted by molar-refractivity contribution is 0.170. The summed E-state index contributed by atoms with van der Waals surface area (Å²) in [4.78, 5) is 0. The second-order valence-corrected chi connectivity index (χ2v) is 8.22. The summed E-state index contributed by atoms with van der Waals surface area (Å²) in [5, 5.41) is 0. The predicted molar refractivity (Wildman–Crippen MR) is 75.6 cm³/mol. The fourth-order valence-electron chi connectivity index (χ4n) is 2.31. The smallest absolute Gasteiger partial charge is 0.0357 e. The SMILES string of the molecule is CC(CC(C)C(C)(C)C)C(C)CC(C)(C)C. The average molecular weight is 226 g/mol. The Hall–Kier alpha value is 0. The van der Waals surface area contributed by atoms with E-state index in [0.29, 0.717) is 10.8 Å². The van der Waals surface area contributed by atoms with E-state index >= 15 is 0 Å². The maximum atomic E-state index is 2.43. The van der Waals surface area contributed by atoms with E-state index < -0.39 is 0 Å². The van der Waals surface area contributed by atoms with Crippen molar-refractivity contribution in [3.8, 4) is 0 Å². The normalized spacial score (nSPS) is 19.3. The van der Waals surface area contributed by atoms with Crippen LogP contribution in [0.4, 0.5) is 0 Å². The first-order chi connectivity index (χ1) is 6.93. The van der Waals surface area contributed by atoms with Crippen molar-refractivity contribution in [3.63, 3.8) is 0 Å².